The molecule has 9 heteroatoms. The maximum absolute atomic E-state index is 13.3. The van der Waals surface area contributed by atoms with Crippen molar-refractivity contribution in [2.75, 3.05) is 13.3 Å². The third-order valence-electron chi connectivity index (χ3n) is 5.47. The Kier molecular flexibility index (Phi) is 4.92. The molecule has 2 aliphatic heterocycles. The average molecular weight is 427 g/mol. The normalized spacial score (nSPS) is 19.5. The second-order valence-corrected chi connectivity index (χ2v) is 9.24. The number of ether oxygens (including phenoxy) is 2. The van der Waals surface area contributed by atoms with Gasteiger partial charge < -0.3 is 14.0 Å². The van der Waals surface area contributed by atoms with Gasteiger partial charge in [-0.3, -0.25) is 4.98 Å². The lowest BCUT2D eigenvalue weighted by Gasteiger charge is -2.27. The van der Waals surface area contributed by atoms with Crippen LogP contribution in [0.4, 0.5) is 0 Å². The lowest BCUT2D eigenvalue weighted by Crippen LogP contribution is -2.35. The van der Waals surface area contributed by atoms with E-state index in [1.807, 2.05) is 24.3 Å². The van der Waals surface area contributed by atoms with Gasteiger partial charge in [-0.25, -0.2) is 8.42 Å². The SMILES string of the molecule is O=S(=O)(c1cccnc1)N1CCCCCC1c1cc(-c2ccc3c(c2)OCO3)on1. The van der Waals surface area contributed by atoms with Crippen molar-refractivity contribution in [1.29, 1.82) is 0 Å². The van der Waals surface area contributed by atoms with Gasteiger partial charge in [-0.15, -0.1) is 0 Å². The van der Waals surface area contributed by atoms with E-state index < -0.39 is 10.0 Å². The van der Waals surface area contributed by atoms with E-state index in [1.165, 1.54) is 10.5 Å². The Morgan fingerprint density at radius 1 is 1.03 bits per heavy atom. The van der Waals surface area contributed by atoms with Crippen LogP contribution in [0.15, 0.2) is 58.2 Å². The second kappa shape index (κ2) is 7.73. The standard InChI is InChI=1S/C21H21N3O5S/c25-30(26,16-5-4-9-22-13-16)24-10-3-1-2-6-18(24)17-12-20(29-23-17)15-7-8-19-21(11-15)28-14-27-19/h4-5,7-9,11-13,18H,1-3,6,10,14H2. The van der Waals surface area contributed by atoms with Gasteiger partial charge in [0, 0.05) is 30.6 Å². The fourth-order valence-electron chi connectivity index (χ4n) is 3.93. The number of hydrogen-bond acceptors (Lipinski definition) is 7. The Labute approximate surface area is 174 Å². The number of rotatable bonds is 4. The van der Waals surface area contributed by atoms with Crippen molar-refractivity contribution >= 4 is 10.0 Å². The zero-order valence-electron chi connectivity index (χ0n) is 16.2. The van der Waals surface area contributed by atoms with Crippen LogP contribution in [0.3, 0.4) is 0 Å². The smallest absolute Gasteiger partial charge is 0.245 e. The van der Waals surface area contributed by atoms with Crippen molar-refractivity contribution in [3.05, 3.63) is 54.5 Å². The van der Waals surface area contributed by atoms with Gasteiger partial charge in [0.05, 0.1) is 6.04 Å². The number of aromatic nitrogens is 2. The van der Waals surface area contributed by atoms with Gasteiger partial charge in [-0.1, -0.05) is 18.0 Å². The highest BCUT2D eigenvalue weighted by atomic mass is 32.2. The van der Waals surface area contributed by atoms with E-state index in [-0.39, 0.29) is 17.7 Å². The van der Waals surface area contributed by atoms with Crippen LogP contribution in [0.1, 0.15) is 37.4 Å². The van der Waals surface area contributed by atoms with Crippen LogP contribution in [0, 0.1) is 0 Å². The van der Waals surface area contributed by atoms with E-state index in [0.717, 1.165) is 24.8 Å². The summed E-state index contributed by atoms with van der Waals surface area (Å²) in [6.07, 6.45) is 6.35. The summed E-state index contributed by atoms with van der Waals surface area (Å²) < 4.78 is 44.6. The molecular formula is C21H21N3O5S. The maximum atomic E-state index is 13.3. The van der Waals surface area contributed by atoms with E-state index in [9.17, 15) is 8.42 Å². The van der Waals surface area contributed by atoms with Crippen LogP contribution in [0.2, 0.25) is 0 Å². The monoisotopic (exact) mass is 427 g/mol. The van der Waals surface area contributed by atoms with Gasteiger partial charge in [-0.05, 0) is 43.2 Å². The number of sulfonamides is 1. The van der Waals surface area contributed by atoms with Gasteiger partial charge in [-0.2, -0.15) is 4.31 Å². The molecule has 2 aliphatic rings. The molecule has 0 amide bonds. The topological polar surface area (TPSA) is 94.8 Å². The largest absolute Gasteiger partial charge is 0.454 e. The fourth-order valence-corrected chi connectivity index (χ4v) is 5.57. The Morgan fingerprint density at radius 3 is 2.80 bits per heavy atom. The molecular weight excluding hydrogens is 406 g/mol. The van der Waals surface area contributed by atoms with Gasteiger partial charge in [0.25, 0.3) is 0 Å². The molecule has 0 bridgehead atoms. The van der Waals surface area contributed by atoms with Gasteiger partial charge >= 0.3 is 0 Å². The van der Waals surface area contributed by atoms with Crippen LogP contribution >= 0.6 is 0 Å². The Bertz CT molecular complexity index is 1150. The first kappa shape index (κ1) is 19.1. The third-order valence-corrected chi connectivity index (χ3v) is 7.36. The lowest BCUT2D eigenvalue weighted by atomic mass is 10.1. The molecule has 0 spiro atoms. The quantitative estimate of drug-likeness (QED) is 0.625. The molecule has 1 fully saturated rings. The summed E-state index contributed by atoms with van der Waals surface area (Å²) in [5.41, 5.74) is 1.41. The predicted octanol–water partition coefficient (Wildman–Crippen LogP) is 3.77. The van der Waals surface area contributed by atoms with E-state index in [1.54, 1.807) is 18.3 Å². The van der Waals surface area contributed by atoms with Crippen LogP contribution in [0.25, 0.3) is 11.3 Å². The van der Waals surface area contributed by atoms with E-state index >= 15 is 0 Å². The first-order chi connectivity index (χ1) is 14.6. The molecule has 1 unspecified atom stereocenters. The van der Waals surface area contributed by atoms with Crippen molar-refractivity contribution in [3.8, 4) is 22.8 Å². The van der Waals surface area contributed by atoms with Crippen LogP contribution in [-0.2, 0) is 10.0 Å². The van der Waals surface area contributed by atoms with Crippen molar-refractivity contribution in [1.82, 2.24) is 14.4 Å². The van der Waals surface area contributed by atoms with Crippen molar-refractivity contribution in [3.63, 3.8) is 0 Å². The minimum Gasteiger partial charge on any atom is -0.454 e. The Morgan fingerprint density at radius 2 is 1.93 bits per heavy atom. The molecule has 4 heterocycles. The number of hydrogen-bond donors (Lipinski definition) is 0. The van der Waals surface area contributed by atoms with Crippen molar-refractivity contribution in [2.45, 2.75) is 36.6 Å². The average Bonchev–Trinajstić information content (AvgIpc) is 3.38. The molecule has 2 aromatic heterocycles. The zero-order chi connectivity index (χ0) is 20.6. The molecule has 0 radical (unpaired) electrons. The number of fused-ring (bicyclic) bond motifs is 1. The highest BCUT2D eigenvalue weighted by Gasteiger charge is 2.35. The van der Waals surface area contributed by atoms with Gasteiger partial charge in [0.1, 0.15) is 10.6 Å². The Balaban J connectivity index is 1.49. The molecule has 1 saturated heterocycles. The number of benzene rings is 1. The summed E-state index contributed by atoms with van der Waals surface area (Å²) in [5, 5.41) is 4.24. The molecule has 0 N–H and O–H groups in total. The summed E-state index contributed by atoms with van der Waals surface area (Å²) in [6.45, 7) is 0.637. The molecule has 8 nitrogen and oxygen atoms in total. The first-order valence-corrected chi connectivity index (χ1v) is 11.4. The number of nitrogens with zero attached hydrogens (tertiary/aromatic N) is 3. The second-order valence-electron chi connectivity index (χ2n) is 7.35. The number of pyridine rings is 1. The van der Waals surface area contributed by atoms with E-state index in [2.05, 4.69) is 10.1 Å². The molecule has 1 atom stereocenters. The molecule has 3 aromatic rings. The zero-order valence-corrected chi connectivity index (χ0v) is 17.0. The van der Waals surface area contributed by atoms with Gasteiger partial charge in [0.15, 0.2) is 17.3 Å². The minimum absolute atomic E-state index is 0.191. The summed E-state index contributed by atoms with van der Waals surface area (Å²) in [5.74, 6) is 1.91. The van der Waals surface area contributed by atoms with E-state index in [4.69, 9.17) is 14.0 Å². The summed E-state index contributed by atoms with van der Waals surface area (Å²) >= 11 is 0. The van der Waals surface area contributed by atoms with Crippen molar-refractivity contribution in [2.24, 2.45) is 0 Å². The minimum atomic E-state index is -3.69. The molecule has 156 valence electrons. The fraction of sp³-hybridized carbons (Fsp3) is 0.333. The van der Waals surface area contributed by atoms with Crippen LogP contribution in [-0.4, -0.2) is 36.2 Å². The molecule has 30 heavy (non-hydrogen) atoms. The highest BCUT2D eigenvalue weighted by molar-refractivity contribution is 7.89. The molecule has 1 aromatic carbocycles. The summed E-state index contributed by atoms with van der Waals surface area (Å²) in [4.78, 5) is 4.17. The molecule has 0 saturated carbocycles. The van der Waals surface area contributed by atoms with E-state index in [0.29, 0.717) is 35.9 Å². The van der Waals surface area contributed by atoms with Crippen LogP contribution < -0.4 is 9.47 Å². The van der Waals surface area contributed by atoms with Gasteiger partial charge in [0.2, 0.25) is 16.8 Å². The first-order valence-electron chi connectivity index (χ1n) is 9.91. The maximum Gasteiger partial charge on any atom is 0.245 e. The molecule has 0 aliphatic carbocycles. The van der Waals surface area contributed by atoms with Crippen LogP contribution in [0.5, 0.6) is 11.5 Å². The van der Waals surface area contributed by atoms with Crippen molar-refractivity contribution < 1.29 is 22.4 Å². The highest BCUT2D eigenvalue weighted by Crippen LogP contribution is 2.38. The Hall–Kier alpha value is -2.91. The summed E-state index contributed by atoms with van der Waals surface area (Å²) in [7, 11) is -3.69. The third kappa shape index (κ3) is 3.44. The summed E-state index contributed by atoms with van der Waals surface area (Å²) in [6, 6.07) is 10.2. The molecule has 5 rings (SSSR count). The predicted molar refractivity (Wildman–Crippen MR) is 107 cm³/mol. The lowest BCUT2D eigenvalue weighted by molar-refractivity contribution is 0.174.